The minimum absolute atomic E-state index is 0.234. The highest BCUT2D eigenvalue weighted by molar-refractivity contribution is 6.03. The van der Waals surface area contributed by atoms with Crippen molar-refractivity contribution in [2.24, 2.45) is 0 Å². The Morgan fingerprint density at radius 2 is 2.17 bits per heavy atom. The number of aryl methyl sites for hydroxylation is 1. The van der Waals surface area contributed by atoms with E-state index in [1.807, 2.05) is 19.1 Å². The summed E-state index contributed by atoms with van der Waals surface area (Å²) in [5.41, 5.74) is 2.65. The van der Waals surface area contributed by atoms with E-state index in [-0.39, 0.29) is 5.91 Å². The van der Waals surface area contributed by atoms with E-state index in [1.54, 1.807) is 30.5 Å². The van der Waals surface area contributed by atoms with Crippen molar-refractivity contribution in [2.75, 3.05) is 5.32 Å². The van der Waals surface area contributed by atoms with Gasteiger partial charge in [0.1, 0.15) is 5.69 Å². The van der Waals surface area contributed by atoms with Gasteiger partial charge in [-0.1, -0.05) is 18.1 Å². The monoisotopic (exact) mass is 236 g/mol. The van der Waals surface area contributed by atoms with Crippen molar-refractivity contribution in [1.29, 1.82) is 0 Å². The Hall–Kier alpha value is -2.60. The number of hydrogen-bond donors (Lipinski definition) is 1. The quantitative estimate of drug-likeness (QED) is 0.814. The van der Waals surface area contributed by atoms with E-state index in [1.165, 1.54) is 0 Å². The second kappa shape index (κ2) is 5.15. The van der Waals surface area contributed by atoms with Crippen LogP contribution in [0.15, 0.2) is 42.6 Å². The number of aromatic nitrogens is 1. The topological polar surface area (TPSA) is 42.0 Å². The predicted molar refractivity (Wildman–Crippen MR) is 71.3 cm³/mol. The van der Waals surface area contributed by atoms with Crippen LogP contribution in [-0.4, -0.2) is 10.9 Å². The lowest BCUT2D eigenvalue weighted by Gasteiger charge is -2.06. The molecule has 3 nitrogen and oxygen atoms in total. The number of carbonyl (C=O) groups is 1. The van der Waals surface area contributed by atoms with Gasteiger partial charge >= 0.3 is 0 Å². The first-order valence-corrected chi connectivity index (χ1v) is 5.50. The van der Waals surface area contributed by atoms with Crippen LogP contribution in [-0.2, 0) is 0 Å². The highest BCUT2D eigenvalue weighted by Crippen LogP contribution is 2.12. The van der Waals surface area contributed by atoms with Crippen LogP contribution < -0.4 is 5.32 Å². The van der Waals surface area contributed by atoms with Crippen LogP contribution in [0.25, 0.3) is 0 Å². The zero-order valence-corrected chi connectivity index (χ0v) is 9.97. The van der Waals surface area contributed by atoms with Gasteiger partial charge in [-0.3, -0.25) is 9.78 Å². The molecule has 1 heterocycles. The summed E-state index contributed by atoms with van der Waals surface area (Å²) in [6, 6.07) is 10.8. The molecule has 88 valence electrons. The standard InChI is InChI=1S/C15H12N2O/c1-3-12-7-4-8-13(10-12)17-15(18)14-11(2)6-5-9-16-14/h1,4-10H,2H3,(H,17,18). The fourth-order valence-electron chi connectivity index (χ4n) is 1.60. The van der Waals surface area contributed by atoms with E-state index in [9.17, 15) is 4.79 Å². The van der Waals surface area contributed by atoms with E-state index in [2.05, 4.69) is 16.2 Å². The molecule has 1 aromatic heterocycles. The summed E-state index contributed by atoms with van der Waals surface area (Å²) in [4.78, 5) is 16.1. The number of pyridine rings is 1. The molecule has 0 aliphatic heterocycles. The highest BCUT2D eigenvalue weighted by Gasteiger charge is 2.09. The van der Waals surface area contributed by atoms with Crippen LogP contribution in [0.2, 0.25) is 0 Å². The summed E-state index contributed by atoms with van der Waals surface area (Å²) in [5.74, 6) is 2.29. The van der Waals surface area contributed by atoms with Crippen LogP contribution >= 0.6 is 0 Å². The molecule has 0 atom stereocenters. The lowest BCUT2D eigenvalue weighted by molar-refractivity contribution is 0.102. The maximum absolute atomic E-state index is 12.0. The summed E-state index contributed by atoms with van der Waals surface area (Å²) in [7, 11) is 0. The number of anilines is 1. The molecular weight excluding hydrogens is 224 g/mol. The Balaban J connectivity index is 2.22. The molecule has 0 saturated carbocycles. The third kappa shape index (κ3) is 2.55. The molecule has 0 aliphatic carbocycles. The van der Waals surface area contributed by atoms with E-state index in [0.29, 0.717) is 11.4 Å². The summed E-state index contributed by atoms with van der Waals surface area (Å²) in [5, 5.41) is 2.78. The molecule has 3 heteroatoms. The van der Waals surface area contributed by atoms with Gasteiger partial charge in [-0.25, -0.2) is 0 Å². The second-order valence-corrected chi connectivity index (χ2v) is 3.85. The molecule has 0 spiro atoms. The summed E-state index contributed by atoms with van der Waals surface area (Å²) in [6.45, 7) is 1.85. The van der Waals surface area contributed by atoms with Crippen LogP contribution in [0, 0.1) is 19.3 Å². The normalized spacial score (nSPS) is 9.56. The van der Waals surface area contributed by atoms with Crippen LogP contribution in [0.4, 0.5) is 5.69 Å². The zero-order valence-electron chi connectivity index (χ0n) is 9.97. The number of hydrogen-bond acceptors (Lipinski definition) is 2. The first-order chi connectivity index (χ1) is 8.70. The third-order valence-electron chi connectivity index (χ3n) is 2.51. The van der Waals surface area contributed by atoms with Crippen molar-refractivity contribution < 1.29 is 4.79 Å². The van der Waals surface area contributed by atoms with Crippen molar-refractivity contribution in [3.8, 4) is 12.3 Å². The van der Waals surface area contributed by atoms with Crippen LogP contribution in [0.1, 0.15) is 21.6 Å². The van der Waals surface area contributed by atoms with E-state index in [4.69, 9.17) is 6.42 Å². The van der Waals surface area contributed by atoms with Gasteiger partial charge in [-0.15, -0.1) is 6.42 Å². The number of amides is 1. The minimum atomic E-state index is -0.234. The number of nitrogens with one attached hydrogen (secondary N) is 1. The van der Waals surface area contributed by atoms with Gasteiger partial charge in [0.25, 0.3) is 5.91 Å². The van der Waals surface area contributed by atoms with E-state index < -0.39 is 0 Å². The predicted octanol–water partition coefficient (Wildman–Crippen LogP) is 2.62. The highest BCUT2D eigenvalue weighted by atomic mass is 16.1. The average Bonchev–Trinajstić information content (AvgIpc) is 2.39. The minimum Gasteiger partial charge on any atom is -0.321 e. The Labute approximate surface area is 106 Å². The molecule has 0 saturated heterocycles. The first-order valence-electron chi connectivity index (χ1n) is 5.50. The summed E-state index contributed by atoms with van der Waals surface area (Å²) < 4.78 is 0. The molecule has 1 N–H and O–H groups in total. The van der Waals surface area contributed by atoms with Crippen LogP contribution in [0.3, 0.4) is 0 Å². The molecule has 0 unspecified atom stereocenters. The SMILES string of the molecule is C#Cc1cccc(NC(=O)c2ncccc2C)c1. The lowest BCUT2D eigenvalue weighted by Crippen LogP contribution is -2.15. The summed E-state index contributed by atoms with van der Waals surface area (Å²) >= 11 is 0. The summed E-state index contributed by atoms with van der Waals surface area (Å²) in [6.07, 6.45) is 6.91. The van der Waals surface area contributed by atoms with Crippen molar-refractivity contribution >= 4 is 11.6 Å². The molecular formula is C15H12N2O. The second-order valence-electron chi connectivity index (χ2n) is 3.85. The van der Waals surface area contributed by atoms with Crippen molar-refractivity contribution in [3.05, 3.63) is 59.4 Å². The fraction of sp³-hybridized carbons (Fsp3) is 0.0667. The largest absolute Gasteiger partial charge is 0.321 e. The molecule has 0 fully saturated rings. The van der Waals surface area contributed by atoms with E-state index in [0.717, 1.165) is 11.1 Å². The molecule has 0 radical (unpaired) electrons. The number of benzene rings is 1. The molecule has 2 rings (SSSR count). The lowest BCUT2D eigenvalue weighted by atomic mass is 10.2. The maximum atomic E-state index is 12.0. The van der Waals surface area contributed by atoms with Gasteiger partial charge in [0.2, 0.25) is 0 Å². The van der Waals surface area contributed by atoms with Crippen molar-refractivity contribution in [2.45, 2.75) is 6.92 Å². The van der Waals surface area contributed by atoms with Crippen LogP contribution in [0.5, 0.6) is 0 Å². The Morgan fingerprint density at radius 1 is 1.33 bits per heavy atom. The average molecular weight is 236 g/mol. The van der Waals surface area contributed by atoms with Gasteiger partial charge in [-0.2, -0.15) is 0 Å². The smallest absolute Gasteiger partial charge is 0.274 e. The van der Waals surface area contributed by atoms with Crippen molar-refractivity contribution in [3.63, 3.8) is 0 Å². The van der Waals surface area contributed by atoms with Gasteiger partial charge in [-0.05, 0) is 36.8 Å². The Kier molecular flexibility index (Phi) is 3.40. The molecule has 0 aliphatic rings. The van der Waals surface area contributed by atoms with Gasteiger partial charge in [0.05, 0.1) is 0 Å². The fourth-order valence-corrected chi connectivity index (χ4v) is 1.60. The van der Waals surface area contributed by atoms with Gasteiger partial charge in [0, 0.05) is 17.4 Å². The molecule has 2 aromatic rings. The maximum Gasteiger partial charge on any atom is 0.274 e. The van der Waals surface area contributed by atoms with Gasteiger partial charge < -0.3 is 5.32 Å². The molecule has 1 aromatic carbocycles. The zero-order chi connectivity index (χ0) is 13.0. The number of nitrogens with zero attached hydrogens (tertiary/aromatic N) is 1. The first kappa shape index (κ1) is 11.9. The number of terminal acetylenes is 1. The Morgan fingerprint density at radius 3 is 2.89 bits per heavy atom. The molecule has 0 bridgehead atoms. The van der Waals surface area contributed by atoms with E-state index >= 15 is 0 Å². The number of carbonyl (C=O) groups excluding carboxylic acids is 1. The molecule has 1 amide bonds. The Bertz CT molecular complexity index is 626. The van der Waals surface area contributed by atoms with Crippen molar-refractivity contribution in [1.82, 2.24) is 4.98 Å². The number of rotatable bonds is 2. The van der Waals surface area contributed by atoms with Gasteiger partial charge in [0.15, 0.2) is 0 Å². The molecule has 18 heavy (non-hydrogen) atoms. The third-order valence-corrected chi connectivity index (χ3v) is 2.51.